The molecule has 0 fully saturated rings. The lowest BCUT2D eigenvalue weighted by Crippen LogP contribution is -2.48. The third kappa shape index (κ3) is 4.88. The zero-order valence-corrected chi connectivity index (χ0v) is 19.4. The molecule has 1 atom stereocenters. The average Bonchev–Trinajstić information content (AvgIpc) is 2.85. The molecule has 1 unspecified atom stereocenters. The van der Waals surface area contributed by atoms with Gasteiger partial charge in [0.15, 0.2) is 0 Å². The Balaban J connectivity index is 1.48. The maximum absolute atomic E-state index is 13.4. The van der Waals surface area contributed by atoms with Crippen molar-refractivity contribution in [2.45, 2.75) is 23.9 Å². The highest BCUT2D eigenvalue weighted by Crippen LogP contribution is 2.33. The molecule has 1 N–H and O–H groups in total. The van der Waals surface area contributed by atoms with Crippen LogP contribution in [0.2, 0.25) is 0 Å². The molecule has 0 aliphatic carbocycles. The third-order valence-electron chi connectivity index (χ3n) is 6.10. The Bertz CT molecular complexity index is 1380. The molecular weight excluding hydrogens is 447 g/mol. The first kappa shape index (κ1) is 22.3. The number of benzene rings is 4. The van der Waals surface area contributed by atoms with E-state index in [9.17, 15) is 12.8 Å². The minimum absolute atomic E-state index is 0.260. The SMILES string of the molecule is O=S(=O)(NC1Cc2cc(-c3ccc(F)cc3)ccc2N(Cc2ccccc2)C1)c1ccccc1. The summed E-state index contributed by atoms with van der Waals surface area (Å²) in [5, 5.41) is 0. The van der Waals surface area contributed by atoms with Crippen LogP contribution in [-0.2, 0) is 23.0 Å². The molecule has 4 aromatic carbocycles. The number of anilines is 1. The Morgan fingerprint density at radius 3 is 2.18 bits per heavy atom. The summed E-state index contributed by atoms with van der Waals surface area (Å²) in [7, 11) is -3.64. The fraction of sp³-hybridized carbons (Fsp3) is 0.143. The Morgan fingerprint density at radius 1 is 0.824 bits per heavy atom. The van der Waals surface area contributed by atoms with Crippen LogP contribution < -0.4 is 9.62 Å². The molecule has 5 rings (SSSR count). The Morgan fingerprint density at radius 2 is 1.47 bits per heavy atom. The van der Waals surface area contributed by atoms with E-state index in [0.717, 1.165) is 27.9 Å². The summed E-state index contributed by atoms with van der Waals surface area (Å²) >= 11 is 0. The van der Waals surface area contributed by atoms with Crippen molar-refractivity contribution in [2.24, 2.45) is 0 Å². The summed E-state index contributed by atoms with van der Waals surface area (Å²) in [4.78, 5) is 2.48. The fourth-order valence-corrected chi connectivity index (χ4v) is 5.74. The molecular formula is C28H25FN2O2S. The highest BCUT2D eigenvalue weighted by Gasteiger charge is 2.28. The molecule has 1 heterocycles. The molecule has 34 heavy (non-hydrogen) atoms. The fourth-order valence-electron chi connectivity index (χ4n) is 4.49. The Hall–Kier alpha value is -3.48. The van der Waals surface area contributed by atoms with Crippen LogP contribution >= 0.6 is 0 Å². The van der Waals surface area contributed by atoms with Crippen molar-refractivity contribution in [3.63, 3.8) is 0 Å². The summed E-state index contributed by atoms with van der Waals surface area (Å²) in [6.45, 7) is 1.23. The van der Waals surface area contributed by atoms with Crippen LogP contribution in [-0.4, -0.2) is 21.0 Å². The number of fused-ring (bicyclic) bond motifs is 1. The van der Waals surface area contributed by atoms with Gasteiger partial charge in [-0.25, -0.2) is 17.5 Å². The first-order chi connectivity index (χ1) is 16.5. The smallest absolute Gasteiger partial charge is 0.240 e. The molecule has 0 aromatic heterocycles. The van der Waals surface area contributed by atoms with Crippen LogP contribution in [0, 0.1) is 5.82 Å². The summed E-state index contributed by atoms with van der Waals surface area (Å²) in [6.07, 6.45) is 0.571. The summed E-state index contributed by atoms with van der Waals surface area (Å²) in [5.74, 6) is -0.272. The Kier molecular flexibility index (Phi) is 6.18. The van der Waals surface area contributed by atoms with Crippen LogP contribution in [0.15, 0.2) is 108 Å². The predicted molar refractivity (Wildman–Crippen MR) is 134 cm³/mol. The number of halogens is 1. The maximum Gasteiger partial charge on any atom is 0.240 e. The van der Waals surface area contributed by atoms with Crippen LogP contribution in [0.5, 0.6) is 0 Å². The number of sulfonamides is 1. The Labute approximate surface area is 199 Å². The van der Waals surface area contributed by atoms with Gasteiger partial charge in [0.25, 0.3) is 0 Å². The van der Waals surface area contributed by atoms with E-state index in [0.29, 0.717) is 19.5 Å². The van der Waals surface area contributed by atoms with Crippen LogP contribution in [0.25, 0.3) is 11.1 Å². The molecule has 0 spiro atoms. The molecule has 1 aliphatic rings. The second-order valence-electron chi connectivity index (χ2n) is 8.55. The van der Waals surface area contributed by atoms with Crippen LogP contribution in [0.4, 0.5) is 10.1 Å². The summed E-state index contributed by atoms with van der Waals surface area (Å²) in [6, 6.07) is 31.0. The number of hydrogen-bond donors (Lipinski definition) is 1. The van der Waals surface area contributed by atoms with E-state index in [4.69, 9.17) is 0 Å². The van der Waals surface area contributed by atoms with Gasteiger partial charge in [0.05, 0.1) is 4.90 Å². The molecule has 0 radical (unpaired) electrons. The van der Waals surface area contributed by atoms with Gasteiger partial charge in [0.1, 0.15) is 5.82 Å². The molecule has 4 nitrogen and oxygen atoms in total. The minimum atomic E-state index is -3.64. The zero-order valence-electron chi connectivity index (χ0n) is 18.6. The van der Waals surface area contributed by atoms with E-state index >= 15 is 0 Å². The van der Waals surface area contributed by atoms with Crippen molar-refractivity contribution in [1.82, 2.24) is 4.72 Å². The van der Waals surface area contributed by atoms with Gasteiger partial charge in [-0.05, 0) is 65.1 Å². The van der Waals surface area contributed by atoms with Gasteiger partial charge in [-0.15, -0.1) is 0 Å². The first-order valence-corrected chi connectivity index (χ1v) is 12.7. The van der Waals surface area contributed by atoms with Gasteiger partial charge < -0.3 is 4.90 Å². The minimum Gasteiger partial charge on any atom is -0.365 e. The monoisotopic (exact) mass is 472 g/mol. The molecule has 1 aliphatic heterocycles. The molecule has 4 aromatic rings. The van der Waals surface area contributed by atoms with Crippen LogP contribution in [0.1, 0.15) is 11.1 Å². The van der Waals surface area contributed by atoms with Crippen molar-refractivity contribution in [3.05, 3.63) is 120 Å². The number of nitrogens with zero attached hydrogens (tertiary/aromatic N) is 1. The topological polar surface area (TPSA) is 49.4 Å². The lowest BCUT2D eigenvalue weighted by atomic mass is 9.94. The average molecular weight is 473 g/mol. The standard InChI is InChI=1S/C28H25FN2O2S/c29-25-14-11-22(12-15-25)23-13-16-28-24(17-23)18-26(20-31(28)19-21-7-3-1-4-8-21)30-34(32,33)27-9-5-2-6-10-27/h1-17,26,30H,18-20H2. The highest BCUT2D eigenvalue weighted by molar-refractivity contribution is 7.89. The first-order valence-electron chi connectivity index (χ1n) is 11.2. The predicted octanol–water partition coefficient (Wildman–Crippen LogP) is 5.40. The molecule has 0 amide bonds. The maximum atomic E-state index is 13.4. The second-order valence-corrected chi connectivity index (χ2v) is 10.3. The highest BCUT2D eigenvalue weighted by atomic mass is 32.2. The van der Waals surface area contributed by atoms with E-state index in [-0.39, 0.29) is 16.8 Å². The summed E-state index contributed by atoms with van der Waals surface area (Å²) < 4.78 is 42.4. The normalized spacial score (nSPS) is 15.7. The van der Waals surface area contributed by atoms with E-state index < -0.39 is 10.0 Å². The zero-order chi connectivity index (χ0) is 23.5. The summed E-state index contributed by atoms with van der Waals surface area (Å²) in [5.41, 5.74) is 5.20. The van der Waals surface area contributed by atoms with Gasteiger partial charge in [-0.3, -0.25) is 0 Å². The van der Waals surface area contributed by atoms with Gasteiger partial charge in [-0.2, -0.15) is 0 Å². The van der Waals surface area contributed by atoms with Crippen molar-refractivity contribution >= 4 is 15.7 Å². The lowest BCUT2D eigenvalue weighted by Gasteiger charge is -2.37. The second kappa shape index (κ2) is 9.41. The van der Waals surface area contributed by atoms with E-state index in [1.165, 1.54) is 12.1 Å². The van der Waals surface area contributed by atoms with Crippen molar-refractivity contribution in [3.8, 4) is 11.1 Å². The van der Waals surface area contributed by atoms with Crippen molar-refractivity contribution in [1.29, 1.82) is 0 Å². The quantitative estimate of drug-likeness (QED) is 0.409. The number of nitrogens with one attached hydrogen (secondary N) is 1. The van der Waals surface area contributed by atoms with Crippen LogP contribution in [0.3, 0.4) is 0 Å². The van der Waals surface area contributed by atoms with Crippen molar-refractivity contribution in [2.75, 3.05) is 11.4 Å². The van der Waals surface area contributed by atoms with Gasteiger partial charge in [-0.1, -0.05) is 66.7 Å². The van der Waals surface area contributed by atoms with E-state index in [2.05, 4.69) is 33.9 Å². The van der Waals surface area contributed by atoms with Gasteiger partial charge in [0, 0.05) is 24.8 Å². The lowest BCUT2D eigenvalue weighted by molar-refractivity contribution is 0.524. The molecule has 172 valence electrons. The molecule has 0 saturated carbocycles. The third-order valence-corrected chi connectivity index (χ3v) is 7.63. The van der Waals surface area contributed by atoms with Gasteiger partial charge in [0.2, 0.25) is 10.0 Å². The van der Waals surface area contributed by atoms with Gasteiger partial charge >= 0.3 is 0 Å². The van der Waals surface area contributed by atoms with E-state index in [1.54, 1.807) is 42.5 Å². The number of rotatable bonds is 6. The molecule has 6 heteroatoms. The van der Waals surface area contributed by atoms with Crippen molar-refractivity contribution < 1.29 is 12.8 Å². The molecule has 0 bridgehead atoms. The number of hydrogen-bond acceptors (Lipinski definition) is 3. The van der Waals surface area contributed by atoms with E-state index in [1.807, 2.05) is 24.3 Å². The largest absolute Gasteiger partial charge is 0.365 e. The molecule has 0 saturated heterocycles.